The van der Waals surface area contributed by atoms with Gasteiger partial charge in [-0.15, -0.1) is 0 Å². The van der Waals surface area contributed by atoms with Gasteiger partial charge in [0.2, 0.25) is 0 Å². The number of nitrogens with zero attached hydrogens (tertiary/aromatic N) is 2. The van der Waals surface area contributed by atoms with Crippen molar-refractivity contribution in [1.82, 2.24) is 4.90 Å². The van der Waals surface area contributed by atoms with Gasteiger partial charge in [0.05, 0.1) is 12.6 Å². The largest absolute Gasteiger partial charge is 0.331 e. The molecule has 0 aromatic heterocycles. The van der Waals surface area contributed by atoms with Gasteiger partial charge in [-0.1, -0.05) is 48.5 Å². The molecule has 0 saturated carbocycles. The maximum Gasteiger partial charge on any atom is 0.123 e. The number of fused-ring (bicyclic) bond motifs is 1. The fourth-order valence-electron chi connectivity index (χ4n) is 3.40. The fraction of sp³-hybridized carbons (Fsp3) is 0.824. The molecule has 0 bridgehead atoms. The van der Waals surface area contributed by atoms with Crippen molar-refractivity contribution in [3.8, 4) is 0 Å². The van der Waals surface area contributed by atoms with E-state index in [1.165, 1.54) is 11.3 Å². The summed E-state index contributed by atoms with van der Waals surface area (Å²) >= 11 is 0. The summed E-state index contributed by atoms with van der Waals surface area (Å²) in [5.74, 6) is 1.06. The molecule has 0 aliphatic carbocycles. The van der Waals surface area contributed by atoms with Gasteiger partial charge in [-0.2, -0.15) is 0 Å². The first-order chi connectivity index (χ1) is 9.05. The van der Waals surface area contributed by atoms with Crippen LogP contribution in [0.3, 0.4) is 0 Å². The molecule has 0 radical (unpaired) electrons. The number of aliphatic imine (C=N–C) groups is 1. The zero-order valence-corrected chi connectivity index (χ0v) is 14.0. The third-order valence-electron chi connectivity index (χ3n) is 4.24. The quantitative estimate of drug-likeness (QED) is 0.687. The van der Waals surface area contributed by atoms with E-state index < -0.39 is 6.17 Å². The Hall–Kier alpha value is -0.860. The summed E-state index contributed by atoms with van der Waals surface area (Å²) in [7, 11) is 0. The lowest BCUT2D eigenvalue weighted by Crippen LogP contribution is -2.42. The van der Waals surface area contributed by atoms with Crippen molar-refractivity contribution >= 4 is 5.84 Å². The van der Waals surface area contributed by atoms with Crippen LogP contribution in [-0.4, -0.2) is 29.5 Å². The lowest BCUT2D eigenvalue weighted by atomic mass is 9.71. The molecule has 114 valence electrons. The van der Waals surface area contributed by atoms with Gasteiger partial charge in [-0.05, 0) is 16.4 Å². The van der Waals surface area contributed by atoms with Crippen LogP contribution in [-0.2, 0) is 0 Å². The molecule has 2 aliphatic rings. The van der Waals surface area contributed by atoms with Crippen LogP contribution in [0, 0.1) is 10.8 Å². The molecule has 0 aromatic rings. The summed E-state index contributed by atoms with van der Waals surface area (Å²) in [6.07, 6.45) is 0.677. The highest BCUT2D eigenvalue weighted by Gasteiger charge is 2.43. The highest BCUT2D eigenvalue weighted by atomic mass is 19.1. The van der Waals surface area contributed by atoms with E-state index >= 15 is 0 Å². The molecule has 2 rings (SSSR count). The number of halogens is 1. The Bertz CT molecular complexity index is 449. The van der Waals surface area contributed by atoms with Crippen LogP contribution < -0.4 is 0 Å². The molecule has 2 atom stereocenters. The van der Waals surface area contributed by atoms with Gasteiger partial charge in [-0.3, -0.25) is 4.99 Å². The summed E-state index contributed by atoms with van der Waals surface area (Å²) in [6.45, 7) is 16.0. The summed E-state index contributed by atoms with van der Waals surface area (Å²) in [6, 6.07) is 0.161. The summed E-state index contributed by atoms with van der Waals surface area (Å²) in [5, 5.41) is 0. The number of alkyl halides is 1. The van der Waals surface area contributed by atoms with E-state index in [0.717, 1.165) is 12.3 Å². The third kappa shape index (κ3) is 2.64. The van der Waals surface area contributed by atoms with E-state index in [2.05, 4.69) is 53.4 Å². The number of hydrogen-bond acceptors (Lipinski definition) is 2. The van der Waals surface area contributed by atoms with Gasteiger partial charge in [0.1, 0.15) is 12.0 Å². The molecule has 0 spiro atoms. The smallest absolute Gasteiger partial charge is 0.123 e. The molecule has 3 heteroatoms. The van der Waals surface area contributed by atoms with Crippen LogP contribution in [0.4, 0.5) is 4.39 Å². The Labute approximate surface area is 123 Å². The Morgan fingerprint density at radius 2 is 1.80 bits per heavy atom. The van der Waals surface area contributed by atoms with Crippen LogP contribution in [0.25, 0.3) is 0 Å². The zero-order chi connectivity index (χ0) is 15.3. The van der Waals surface area contributed by atoms with Crippen molar-refractivity contribution in [2.45, 2.75) is 73.5 Å². The second kappa shape index (κ2) is 4.85. The first kappa shape index (κ1) is 15.5. The molecule has 2 nitrogen and oxygen atoms in total. The van der Waals surface area contributed by atoms with Gasteiger partial charge in [0.25, 0.3) is 0 Å². The van der Waals surface area contributed by atoms with Crippen LogP contribution in [0.1, 0.15) is 61.3 Å². The summed E-state index contributed by atoms with van der Waals surface area (Å²) < 4.78 is 14.0. The molecule has 2 aliphatic heterocycles. The first-order valence-electron chi connectivity index (χ1n) is 7.77. The minimum Gasteiger partial charge on any atom is -0.331 e. The molecule has 0 aromatic carbocycles. The van der Waals surface area contributed by atoms with Crippen LogP contribution in [0.15, 0.2) is 16.3 Å². The number of amidine groups is 1. The number of rotatable bonds is 1. The third-order valence-corrected chi connectivity index (χ3v) is 4.24. The van der Waals surface area contributed by atoms with E-state index in [-0.39, 0.29) is 16.9 Å². The van der Waals surface area contributed by atoms with Gasteiger partial charge in [-0.25, -0.2) is 4.39 Å². The molecule has 2 unspecified atom stereocenters. The first-order valence-corrected chi connectivity index (χ1v) is 7.77. The van der Waals surface area contributed by atoms with E-state index in [0.29, 0.717) is 13.0 Å². The predicted molar refractivity (Wildman–Crippen MR) is 83.7 cm³/mol. The molecule has 0 amide bonds. The molecular formula is C17H29FN2. The Morgan fingerprint density at radius 3 is 2.25 bits per heavy atom. The second-order valence-electron chi connectivity index (χ2n) is 8.19. The molecular weight excluding hydrogens is 251 g/mol. The van der Waals surface area contributed by atoms with Gasteiger partial charge in [0, 0.05) is 18.5 Å². The van der Waals surface area contributed by atoms with Crippen molar-refractivity contribution in [3.05, 3.63) is 11.3 Å². The maximum atomic E-state index is 14.0. The average molecular weight is 280 g/mol. The SMILES string of the molecule is CCC1=NC(C(C)(C)C)C(C(C)(C)C)=C2CC(F)CN12. The maximum absolute atomic E-state index is 14.0. The van der Waals surface area contributed by atoms with Crippen molar-refractivity contribution in [2.24, 2.45) is 15.8 Å². The summed E-state index contributed by atoms with van der Waals surface area (Å²) in [4.78, 5) is 7.16. The van der Waals surface area contributed by atoms with Crippen molar-refractivity contribution < 1.29 is 4.39 Å². The van der Waals surface area contributed by atoms with E-state index in [9.17, 15) is 4.39 Å². The molecule has 0 N–H and O–H groups in total. The molecule has 20 heavy (non-hydrogen) atoms. The Kier molecular flexibility index (Phi) is 3.77. The van der Waals surface area contributed by atoms with Crippen LogP contribution in [0.2, 0.25) is 0 Å². The predicted octanol–water partition coefficient (Wildman–Crippen LogP) is 4.57. The minimum atomic E-state index is -0.752. The standard InChI is InChI=1S/C17H29FN2/c1-8-13-19-15(17(5,6)7)14(16(2,3)4)12-9-11(18)10-20(12)13/h11,15H,8-10H2,1-7H3. The van der Waals surface area contributed by atoms with Crippen LogP contribution >= 0.6 is 0 Å². The van der Waals surface area contributed by atoms with Gasteiger partial charge >= 0.3 is 0 Å². The normalized spacial score (nSPS) is 27.8. The number of hydrogen-bond donors (Lipinski definition) is 0. The lowest BCUT2D eigenvalue weighted by Gasteiger charge is -2.43. The van der Waals surface area contributed by atoms with E-state index in [1.807, 2.05) is 0 Å². The molecule has 1 fully saturated rings. The highest BCUT2D eigenvalue weighted by Crippen LogP contribution is 2.46. The zero-order valence-electron chi connectivity index (χ0n) is 14.0. The van der Waals surface area contributed by atoms with Gasteiger partial charge in [0.15, 0.2) is 0 Å². The average Bonchev–Trinajstić information content (AvgIpc) is 2.64. The van der Waals surface area contributed by atoms with E-state index in [1.54, 1.807) is 0 Å². The minimum absolute atomic E-state index is 0.0262. The van der Waals surface area contributed by atoms with Crippen molar-refractivity contribution in [3.63, 3.8) is 0 Å². The topological polar surface area (TPSA) is 15.6 Å². The summed E-state index contributed by atoms with van der Waals surface area (Å²) in [5.41, 5.74) is 2.63. The van der Waals surface area contributed by atoms with Crippen LogP contribution in [0.5, 0.6) is 0 Å². The monoisotopic (exact) mass is 280 g/mol. The van der Waals surface area contributed by atoms with E-state index in [4.69, 9.17) is 4.99 Å². The highest BCUT2D eigenvalue weighted by molar-refractivity contribution is 5.86. The fourth-order valence-corrected chi connectivity index (χ4v) is 3.40. The molecule has 2 heterocycles. The lowest BCUT2D eigenvalue weighted by molar-refractivity contribution is 0.291. The van der Waals surface area contributed by atoms with Gasteiger partial charge < -0.3 is 4.90 Å². The molecule has 1 saturated heterocycles. The second-order valence-corrected chi connectivity index (χ2v) is 8.19. The Balaban J connectivity index is 2.59. The Morgan fingerprint density at radius 1 is 1.20 bits per heavy atom. The number of allylic oxidation sites excluding steroid dienone is 1. The van der Waals surface area contributed by atoms with Crippen molar-refractivity contribution in [2.75, 3.05) is 6.54 Å². The van der Waals surface area contributed by atoms with Crippen molar-refractivity contribution in [1.29, 1.82) is 0 Å².